The van der Waals surface area contributed by atoms with Crippen molar-refractivity contribution in [3.05, 3.63) is 0 Å². The van der Waals surface area contributed by atoms with Crippen molar-refractivity contribution in [1.82, 2.24) is 21.3 Å². The summed E-state index contributed by atoms with van der Waals surface area (Å²) in [7, 11) is 0. The molecule has 0 aromatic heterocycles. The SMILES string of the molecule is C1CNC(N=NC2NCCN2)N1.CCC. The number of hydrogen-bond donors (Lipinski definition) is 4. The predicted molar refractivity (Wildman–Crippen MR) is 60.4 cm³/mol. The maximum absolute atomic E-state index is 4.08. The second-order valence-corrected chi connectivity index (χ2v) is 3.56. The minimum absolute atomic E-state index is 0.00852. The van der Waals surface area contributed by atoms with E-state index in [1.54, 1.807) is 0 Å². The first-order valence-corrected chi connectivity index (χ1v) is 5.70. The number of nitrogens with one attached hydrogen (secondary N) is 4. The fourth-order valence-corrected chi connectivity index (χ4v) is 1.28. The minimum Gasteiger partial charge on any atom is -0.281 e. The third kappa shape index (κ3) is 5.17. The largest absolute Gasteiger partial charge is 0.281 e. The van der Waals surface area contributed by atoms with Crippen LogP contribution in [0.1, 0.15) is 20.3 Å². The van der Waals surface area contributed by atoms with Gasteiger partial charge < -0.3 is 0 Å². The molecule has 0 bridgehead atoms. The van der Waals surface area contributed by atoms with Gasteiger partial charge in [0.2, 0.25) is 0 Å². The first-order chi connectivity index (χ1) is 7.36. The topological polar surface area (TPSA) is 72.8 Å². The molecule has 88 valence electrons. The Bertz CT molecular complexity index is 153. The zero-order valence-corrected chi connectivity index (χ0v) is 9.58. The van der Waals surface area contributed by atoms with E-state index in [0.717, 1.165) is 26.2 Å². The van der Waals surface area contributed by atoms with E-state index in [0.29, 0.717) is 0 Å². The third-order valence-electron chi connectivity index (χ3n) is 1.90. The van der Waals surface area contributed by atoms with Gasteiger partial charge in [-0.2, -0.15) is 10.2 Å². The van der Waals surface area contributed by atoms with Crippen molar-refractivity contribution in [2.45, 2.75) is 32.8 Å². The average Bonchev–Trinajstić information content (AvgIpc) is 2.90. The molecule has 0 aromatic rings. The summed E-state index contributed by atoms with van der Waals surface area (Å²) in [6.07, 6.45) is 1.27. The fourth-order valence-electron chi connectivity index (χ4n) is 1.28. The number of nitrogens with zero attached hydrogens (tertiary/aromatic N) is 2. The Hall–Kier alpha value is -0.560. The molecule has 2 aliphatic heterocycles. The first kappa shape index (κ1) is 12.5. The lowest BCUT2D eigenvalue weighted by Crippen LogP contribution is -2.32. The van der Waals surface area contributed by atoms with E-state index in [4.69, 9.17) is 0 Å². The van der Waals surface area contributed by atoms with Gasteiger partial charge in [0.1, 0.15) is 0 Å². The van der Waals surface area contributed by atoms with Crippen molar-refractivity contribution < 1.29 is 0 Å². The molecule has 0 aliphatic carbocycles. The molecule has 4 N–H and O–H groups in total. The summed E-state index contributed by atoms with van der Waals surface area (Å²) in [5, 5.41) is 20.8. The highest BCUT2D eigenvalue weighted by atomic mass is 15.4. The average molecular weight is 214 g/mol. The Labute approximate surface area is 91.3 Å². The molecular formula is C9H22N6. The van der Waals surface area contributed by atoms with Gasteiger partial charge in [-0.3, -0.25) is 21.3 Å². The molecule has 0 unspecified atom stereocenters. The summed E-state index contributed by atoms with van der Waals surface area (Å²) in [5.41, 5.74) is 0. The van der Waals surface area contributed by atoms with E-state index >= 15 is 0 Å². The molecule has 6 nitrogen and oxygen atoms in total. The number of hydrogen-bond acceptors (Lipinski definition) is 6. The van der Waals surface area contributed by atoms with Crippen LogP contribution in [0, 0.1) is 0 Å². The summed E-state index contributed by atoms with van der Waals surface area (Å²) >= 11 is 0. The molecule has 15 heavy (non-hydrogen) atoms. The van der Waals surface area contributed by atoms with E-state index < -0.39 is 0 Å². The van der Waals surface area contributed by atoms with Crippen LogP contribution in [0.2, 0.25) is 0 Å². The van der Waals surface area contributed by atoms with Crippen LogP contribution in [0.5, 0.6) is 0 Å². The van der Waals surface area contributed by atoms with E-state index in [1.807, 2.05) is 0 Å². The third-order valence-corrected chi connectivity index (χ3v) is 1.90. The van der Waals surface area contributed by atoms with Crippen LogP contribution in [0.25, 0.3) is 0 Å². The highest BCUT2D eigenvalue weighted by Gasteiger charge is 2.14. The van der Waals surface area contributed by atoms with Crippen molar-refractivity contribution in [2.75, 3.05) is 26.2 Å². The second kappa shape index (κ2) is 7.70. The van der Waals surface area contributed by atoms with Crippen molar-refractivity contribution in [3.8, 4) is 0 Å². The van der Waals surface area contributed by atoms with Gasteiger partial charge in [0.15, 0.2) is 12.6 Å². The second-order valence-electron chi connectivity index (χ2n) is 3.56. The smallest absolute Gasteiger partial charge is 0.174 e. The maximum atomic E-state index is 4.08. The molecule has 0 aromatic carbocycles. The summed E-state index contributed by atoms with van der Waals surface area (Å²) in [6.45, 7) is 8.12. The zero-order valence-electron chi connectivity index (χ0n) is 9.58. The normalized spacial score (nSPS) is 23.3. The lowest BCUT2D eigenvalue weighted by molar-refractivity contribution is 0.482. The molecule has 0 atom stereocenters. The van der Waals surface area contributed by atoms with E-state index in [2.05, 4.69) is 45.3 Å². The van der Waals surface area contributed by atoms with Crippen LogP contribution in [0.4, 0.5) is 0 Å². The highest BCUT2D eigenvalue weighted by molar-refractivity contribution is 4.72. The number of rotatable bonds is 2. The molecular weight excluding hydrogens is 192 g/mol. The molecule has 6 heteroatoms. The maximum Gasteiger partial charge on any atom is 0.174 e. The molecule has 0 spiro atoms. The van der Waals surface area contributed by atoms with Gasteiger partial charge in [-0.1, -0.05) is 20.3 Å². The monoisotopic (exact) mass is 214 g/mol. The Morgan fingerprint density at radius 2 is 1.07 bits per heavy atom. The summed E-state index contributed by atoms with van der Waals surface area (Å²) in [6, 6.07) is 0. The molecule has 0 saturated carbocycles. The van der Waals surface area contributed by atoms with Crippen LogP contribution in [0.15, 0.2) is 10.2 Å². The molecule has 2 rings (SSSR count). The molecule has 2 saturated heterocycles. The fraction of sp³-hybridized carbons (Fsp3) is 1.00. The van der Waals surface area contributed by atoms with Crippen LogP contribution in [0.3, 0.4) is 0 Å². The lowest BCUT2D eigenvalue weighted by atomic mass is 10.6. The molecule has 2 fully saturated rings. The Kier molecular flexibility index (Phi) is 6.42. The molecule has 2 heterocycles. The number of azo groups is 1. The van der Waals surface area contributed by atoms with Crippen molar-refractivity contribution in [3.63, 3.8) is 0 Å². The van der Waals surface area contributed by atoms with Gasteiger partial charge in [-0.05, 0) is 0 Å². The van der Waals surface area contributed by atoms with E-state index in [1.165, 1.54) is 6.42 Å². The minimum atomic E-state index is 0.00852. The predicted octanol–water partition coefficient (Wildman–Crippen LogP) is -0.192. The summed E-state index contributed by atoms with van der Waals surface area (Å²) in [5.74, 6) is 0. The van der Waals surface area contributed by atoms with Crippen LogP contribution < -0.4 is 21.3 Å². The van der Waals surface area contributed by atoms with Crippen molar-refractivity contribution in [1.29, 1.82) is 0 Å². The first-order valence-electron chi connectivity index (χ1n) is 5.70. The quantitative estimate of drug-likeness (QED) is 0.481. The summed E-state index contributed by atoms with van der Waals surface area (Å²) in [4.78, 5) is 0. The Morgan fingerprint density at radius 3 is 1.33 bits per heavy atom. The Balaban J connectivity index is 0.000000337. The van der Waals surface area contributed by atoms with Gasteiger partial charge in [-0.15, -0.1) is 0 Å². The zero-order chi connectivity index (χ0) is 10.9. The van der Waals surface area contributed by atoms with Gasteiger partial charge >= 0.3 is 0 Å². The van der Waals surface area contributed by atoms with Crippen molar-refractivity contribution >= 4 is 0 Å². The highest BCUT2D eigenvalue weighted by Crippen LogP contribution is 1.93. The van der Waals surface area contributed by atoms with Gasteiger partial charge in [0, 0.05) is 26.2 Å². The van der Waals surface area contributed by atoms with Crippen LogP contribution in [-0.2, 0) is 0 Å². The van der Waals surface area contributed by atoms with E-state index in [-0.39, 0.29) is 12.6 Å². The molecule has 0 radical (unpaired) electrons. The Morgan fingerprint density at radius 1 is 0.800 bits per heavy atom. The van der Waals surface area contributed by atoms with Crippen LogP contribution >= 0.6 is 0 Å². The molecule has 0 amide bonds. The standard InChI is InChI=1S/C6H14N6.C3H8/c1-2-8-5(7-1)11-12-6-9-3-4-10-6;1-3-2/h5-10H,1-4H2;3H2,1-2H3. The van der Waals surface area contributed by atoms with Gasteiger partial charge in [0.25, 0.3) is 0 Å². The molecule has 2 aliphatic rings. The lowest BCUT2D eigenvalue weighted by Gasteiger charge is -2.05. The van der Waals surface area contributed by atoms with Crippen LogP contribution in [-0.4, -0.2) is 38.8 Å². The van der Waals surface area contributed by atoms with Crippen molar-refractivity contribution in [2.24, 2.45) is 10.2 Å². The van der Waals surface area contributed by atoms with Gasteiger partial charge in [-0.25, -0.2) is 0 Å². The van der Waals surface area contributed by atoms with Gasteiger partial charge in [0.05, 0.1) is 0 Å². The van der Waals surface area contributed by atoms with E-state index in [9.17, 15) is 0 Å². The summed E-state index contributed by atoms with van der Waals surface area (Å²) < 4.78 is 0.